The van der Waals surface area contributed by atoms with Gasteiger partial charge in [-0.1, -0.05) is 75.7 Å². The Hall–Kier alpha value is -1.67. The molecule has 0 heterocycles. The SMILES string of the molecule is CC(C)=CCCC(C)CCOC(CCOC(=O)CCCCCCCN(CCO)CCCCCCCC(OCCC12CCC(CC1)CC2)=C1CCC1)OCCC(C)CC=C(C)C. The van der Waals surface area contributed by atoms with E-state index in [9.17, 15) is 9.90 Å². The lowest BCUT2D eigenvalue weighted by molar-refractivity contribution is -0.163. The van der Waals surface area contributed by atoms with E-state index < -0.39 is 0 Å². The van der Waals surface area contributed by atoms with Crippen molar-refractivity contribution in [2.24, 2.45) is 23.2 Å². The molecule has 7 heteroatoms. The summed E-state index contributed by atoms with van der Waals surface area (Å²) >= 11 is 0. The minimum absolute atomic E-state index is 0.114. The molecule has 7 nitrogen and oxygen atoms in total. The van der Waals surface area contributed by atoms with Crippen LogP contribution in [0.25, 0.3) is 0 Å². The minimum Gasteiger partial charge on any atom is -0.498 e. The summed E-state index contributed by atoms with van der Waals surface area (Å²) in [5, 5.41) is 9.68. The molecule has 0 aromatic carbocycles. The van der Waals surface area contributed by atoms with E-state index in [4.69, 9.17) is 18.9 Å². The molecule has 4 aliphatic carbocycles. The molecule has 0 amide bonds. The van der Waals surface area contributed by atoms with Gasteiger partial charge in [-0.25, -0.2) is 0 Å². The molecule has 0 radical (unpaired) electrons. The smallest absolute Gasteiger partial charge is 0.305 e. The van der Waals surface area contributed by atoms with Crippen LogP contribution in [0.1, 0.15) is 221 Å². The van der Waals surface area contributed by atoms with Crippen LogP contribution in [-0.2, 0) is 23.7 Å². The molecule has 0 aromatic rings. The number of hydrogen-bond acceptors (Lipinski definition) is 7. The van der Waals surface area contributed by atoms with Crippen LogP contribution in [0, 0.1) is 23.2 Å². The molecule has 0 saturated heterocycles. The standard InChI is InChI=1S/C54H97NO6/c1-45(2)19-17-20-47(5)30-41-60-53(61-42-31-48(6)26-25-46(3)4)32-43-59-52(57)24-14-10-8-12-16-38-55(39-40-56)37-15-11-7-9-13-23-51(50-21-18-22-50)58-44-36-54-33-27-49(28-34-54)29-35-54/h19,25,47-49,53,56H,7-18,20-24,26-44H2,1-6H3. The summed E-state index contributed by atoms with van der Waals surface area (Å²) in [7, 11) is 0. The number of nitrogens with zero attached hydrogens (tertiary/aromatic N) is 1. The summed E-state index contributed by atoms with van der Waals surface area (Å²) in [6.45, 7) is 18.9. The molecule has 61 heavy (non-hydrogen) atoms. The summed E-state index contributed by atoms with van der Waals surface area (Å²) in [5.41, 5.74) is 4.96. The molecule has 2 bridgehead atoms. The van der Waals surface area contributed by atoms with Crippen LogP contribution >= 0.6 is 0 Å². The highest BCUT2D eigenvalue weighted by molar-refractivity contribution is 5.69. The van der Waals surface area contributed by atoms with Crippen molar-refractivity contribution in [3.63, 3.8) is 0 Å². The monoisotopic (exact) mass is 856 g/mol. The van der Waals surface area contributed by atoms with Gasteiger partial charge in [0.1, 0.15) is 0 Å². The molecule has 3 unspecified atom stereocenters. The van der Waals surface area contributed by atoms with Crippen molar-refractivity contribution in [1.82, 2.24) is 4.90 Å². The Kier molecular flexibility index (Phi) is 28.9. The number of aliphatic hydroxyl groups excluding tert-OH is 1. The van der Waals surface area contributed by atoms with E-state index in [1.165, 1.54) is 120 Å². The van der Waals surface area contributed by atoms with Crippen molar-refractivity contribution in [1.29, 1.82) is 0 Å². The predicted molar refractivity (Wildman–Crippen MR) is 256 cm³/mol. The Balaban J connectivity index is 1.19. The van der Waals surface area contributed by atoms with E-state index in [1.54, 1.807) is 5.57 Å². The first-order valence-electron chi connectivity index (χ1n) is 25.9. The summed E-state index contributed by atoms with van der Waals surface area (Å²) < 4.78 is 24.6. The van der Waals surface area contributed by atoms with Gasteiger partial charge in [0.05, 0.1) is 25.6 Å². The average molecular weight is 856 g/mol. The molecule has 3 atom stereocenters. The molecule has 4 saturated carbocycles. The van der Waals surface area contributed by atoms with E-state index in [2.05, 4.69) is 58.6 Å². The second kappa shape index (κ2) is 32.9. The average Bonchev–Trinajstić information content (AvgIpc) is 3.21. The van der Waals surface area contributed by atoms with Crippen LogP contribution in [0.2, 0.25) is 0 Å². The minimum atomic E-state index is -0.341. The Morgan fingerprint density at radius 2 is 1.28 bits per heavy atom. The van der Waals surface area contributed by atoms with Crippen molar-refractivity contribution in [3.05, 3.63) is 34.6 Å². The van der Waals surface area contributed by atoms with Crippen LogP contribution in [0.15, 0.2) is 34.6 Å². The molecule has 4 fully saturated rings. The summed E-state index contributed by atoms with van der Waals surface area (Å²) in [6.07, 6.45) is 37.4. The number of rotatable bonds is 38. The van der Waals surface area contributed by atoms with Crippen molar-refractivity contribution in [2.75, 3.05) is 52.7 Å². The summed E-state index contributed by atoms with van der Waals surface area (Å²) in [5.74, 6) is 3.44. The summed E-state index contributed by atoms with van der Waals surface area (Å²) in [4.78, 5) is 15.0. The van der Waals surface area contributed by atoms with E-state index in [0.29, 0.717) is 49.9 Å². The highest BCUT2D eigenvalue weighted by Crippen LogP contribution is 2.52. The lowest BCUT2D eigenvalue weighted by atomic mass is 9.59. The maximum Gasteiger partial charge on any atom is 0.305 e. The van der Waals surface area contributed by atoms with E-state index in [-0.39, 0.29) is 18.9 Å². The first kappa shape index (κ1) is 53.7. The molecule has 0 spiro atoms. The fraction of sp³-hybridized carbons (Fsp3) is 0.870. The normalized spacial score (nSPS) is 19.9. The number of ether oxygens (including phenoxy) is 4. The van der Waals surface area contributed by atoms with E-state index in [1.807, 2.05) is 0 Å². The third-order valence-corrected chi connectivity index (χ3v) is 14.2. The van der Waals surface area contributed by atoms with Crippen molar-refractivity contribution in [2.45, 2.75) is 228 Å². The number of hydrogen-bond donors (Lipinski definition) is 1. The Morgan fingerprint density at radius 1 is 0.689 bits per heavy atom. The highest BCUT2D eigenvalue weighted by Gasteiger charge is 2.40. The molecule has 4 aliphatic rings. The number of carbonyl (C=O) groups excluding carboxylic acids is 1. The Bertz CT molecular complexity index is 1210. The van der Waals surface area contributed by atoms with Crippen LogP contribution in [0.4, 0.5) is 0 Å². The van der Waals surface area contributed by atoms with Gasteiger partial charge in [0, 0.05) is 39.0 Å². The van der Waals surface area contributed by atoms with Gasteiger partial charge in [0.25, 0.3) is 0 Å². The van der Waals surface area contributed by atoms with Gasteiger partial charge in [0.15, 0.2) is 6.29 Å². The number of allylic oxidation sites excluding steroid dienone is 6. The fourth-order valence-corrected chi connectivity index (χ4v) is 9.56. The van der Waals surface area contributed by atoms with Gasteiger partial charge in [-0.3, -0.25) is 4.79 Å². The maximum atomic E-state index is 12.6. The zero-order valence-electron chi connectivity index (χ0n) is 40.9. The molecule has 354 valence electrons. The van der Waals surface area contributed by atoms with Crippen molar-refractivity contribution < 1.29 is 28.8 Å². The van der Waals surface area contributed by atoms with Gasteiger partial charge in [0.2, 0.25) is 0 Å². The molecular formula is C54H97NO6. The zero-order chi connectivity index (χ0) is 44.0. The molecule has 0 aliphatic heterocycles. The maximum absolute atomic E-state index is 12.6. The number of aliphatic hydroxyl groups is 1. The van der Waals surface area contributed by atoms with Crippen LogP contribution in [0.3, 0.4) is 0 Å². The number of unbranched alkanes of at least 4 members (excludes halogenated alkanes) is 8. The lowest BCUT2D eigenvalue weighted by Crippen LogP contribution is -2.34. The van der Waals surface area contributed by atoms with Crippen LogP contribution in [-0.4, -0.2) is 74.9 Å². The Labute approximate surface area is 376 Å². The molecule has 0 aromatic heterocycles. The summed E-state index contributed by atoms with van der Waals surface area (Å²) in [6, 6.07) is 0. The highest BCUT2D eigenvalue weighted by atomic mass is 16.7. The molecule has 1 N–H and O–H groups in total. The van der Waals surface area contributed by atoms with Gasteiger partial charge in [-0.05, 0) is 192 Å². The van der Waals surface area contributed by atoms with Crippen LogP contribution in [0.5, 0.6) is 0 Å². The number of fused-ring (bicyclic) bond motifs is 3. The fourth-order valence-electron chi connectivity index (χ4n) is 9.56. The number of carbonyl (C=O) groups is 1. The Morgan fingerprint density at radius 3 is 1.87 bits per heavy atom. The lowest BCUT2D eigenvalue weighted by Gasteiger charge is -2.46. The van der Waals surface area contributed by atoms with Crippen molar-refractivity contribution >= 4 is 5.97 Å². The first-order valence-corrected chi connectivity index (χ1v) is 25.9. The number of esters is 1. The predicted octanol–water partition coefficient (Wildman–Crippen LogP) is 14.2. The topological polar surface area (TPSA) is 77.5 Å². The van der Waals surface area contributed by atoms with Crippen LogP contribution < -0.4 is 0 Å². The van der Waals surface area contributed by atoms with E-state index >= 15 is 0 Å². The third kappa shape index (κ3) is 25.4. The second-order valence-electron chi connectivity index (χ2n) is 20.4. The quantitative estimate of drug-likeness (QED) is 0.0218. The van der Waals surface area contributed by atoms with Gasteiger partial charge < -0.3 is 29.0 Å². The molecule has 4 rings (SSSR count). The van der Waals surface area contributed by atoms with Crippen molar-refractivity contribution in [3.8, 4) is 0 Å². The first-order chi connectivity index (χ1) is 29.6. The largest absolute Gasteiger partial charge is 0.498 e. The van der Waals surface area contributed by atoms with Gasteiger partial charge >= 0.3 is 5.97 Å². The zero-order valence-corrected chi connectivity index (χ0v) is 40.9. The molecular weight excluding hydrogens is 759 g/mol. The third-order valence-electron chi connectivity index (χ3n) is 14.2. The van der Waals surface area contributed by atoms with E-state index in [0.717, 1.165) is 96.4 Å². The van der Waals surface area contributed by atoms with Gasteiger partial charge in [-0.2, -0.15) is 0 Å². The second-order valence-corrected chi connectivity index (χ2v) is 20.4. The van der Waals surface area contributed by atoms with Gasteiger partial charge in [-0.15, -0.1) is 0 Å².